The largest absolute Gasteiger partial charge is 0.394 e. The van der Waals surface area contributed by atoms with E-state index in [0.29, 0.717) is 11.0 Å². The van der Waals surface area contributed by atoms with Crippen LogP contribution in [0.2, 0.25) is 0 Å². The summed E-state index contributed by atoms with van der Waals surface area (Å²) in [4.78, 5) is 25.0. The van der Waals surface area contributed by atoms with Crippen molar-refractivity contribution in [3.63, 3.8) is 0 Å². The minimum absolute atomic E-state index is 0.174. The predicted octanol–water partition coefficient (Wildman–Crippen LogP) is -1.05. The Bertz CT molecular complexity index is 1140. The molecule has 1 unspecified atom stereocenters. The molecule has 0 aliphatic carbocycles. The zero-order valence-electron chi connectivity index (χ0n) is 14.3. The topological polar surface area (TPSA) is 140 Å². The molecule has 0 bridgehead atoms. The molecule has 148 valence electrons. The first kappa shape index (κ1) is 18.5. The van der Waals surface area contributed by atoms with Gasteiger partial charge in [0.25, 0.3) is 5.56 Å². The number of fused-ring (bicyclic) bond motifs is 1. The van der Waals surface area contributed by atoms with Crippen LogP contribution in [0.5, 0.6) is 0 Å². The number of aliphatic hydroxyl groups excluding tert-OH is 3. The van der Waals surface area contributed by atoms with Crippen LogP contribution >= 0.6 is 0 Å². The molecule has 2 aromatic heterocycles. The lowest BCUT2D eigenvalue weighted by atomic mass is 10.1. The molecule has 3 aromatic rings. The molecule has 1 aliphatic heterocycles. The second-order valence-corrected chi connectivity index (χ2v) is 6.43. The Kier molecular flexibility index (Phi) is 4.59. The third-order valence-electron chi connectivity index (χ3n) is 4.70. The van der Waals surface area contributed by atoms with Gasteiger partial charge in [0, 0.05) is 17.6 Å². The Morgan fingerprint density at radius 3 is 2.68 bits per heavy atom. The standard InChI is InChI=1S/C17H16FN3O7/c18-8-1-2-11-9(5-8)10(19-28-11)6-21-13(23)3-4-20(17(21)26)16-15(25)14(24)12(7-22)27-16/h1-5,12,14-16,22,24-25H,6-7H2/t12-,14?,15+,16-/m1/s1. The zero-order valence-corrected chi connectivity index (χ0v) is 14.3. The van der Waals surface area contributed by atoms with Gasteiger partial charge in [-0.2, -0.15) is 0 Å². The molecular formula is C17H16FN3O7. The molecule has 4 atom stereocenters. The van der Waals surface area contributed by atoms with Gasteiger partial charge in [-0.3, -0.25) is 13.9 Å². The van der Waals surface area contributed by atoms with Gasteiger partial charge < -0.3 is 24.6 Å². The minimum Gasteiger partial charge on any atom is -0.394 e. The molecule has 3 N–H and O–H groups in total. The summed E-state index contributed by atoms with van der Waals surface area (Å²) in [6.07, 6.45) is -4.12. The molecule has 3 heterocycles. The van der Waals surface area contributed by atoms with E-state index in [2.05, 4.69) is 5.16 Å². The first-order valence-electron chi connectivity index (χ1n) is 8.39. The maximum atomic E-state index is 13.5. The van der Waals surface area contributed by atoms with Gasteiger partial charge in [-0.1, -0.05) is 5.16 Å². The summed E-state index contributed by atoms with van der Waals surface area (Å²) in [5.74, 6) is -0.527. The van der Waals surface area contributed by atoms with Gasteiger partial charge in [0.15, 0.2) is 11.8 Å². The molecule has 28 heavy (non-hydrogen) atoms. The fourth-order valence-corrected chi connectivity index (χ4v) is 3.21. The molecule has 1 aliphatic rings. The normalized spacial score (nSPS) is 24.9. The van der Waals surface area contributed by atoms with E-state index in [0.717, 1.165) is 21.4 Å². The van der Waals surface area contributed by atoms with Crippen molar-refractivity contribution in [2.75, 3.05) is 6.61 Å². The van der Waals surface area contributed by atoms with E-state index >= 15 is 0 Å². The number of ether oxygens (including phenoxy) is 1. The van der Waals surface area contributed by atoms with Crippen LogP contribution < -0.4 is 11.2 Å². The van der Waals surface area contributed by atoms with E-state index in [9.17, 15) is 29.3 Å². The van der Waals surface area contributed by atoms with E-state index in [1.165, 1.54) is 18.2 Å². The first-order valence-corrected chi connectivity index (χ1v) is 8.39. The van der Waals surface area contributed by atoms with Crippen molar-refractivity contribution in [3.05, 3.63) is 62.8 Å². The summed E-state index contributed by atoms with van der Waals surface area (Å²) in [5, 5.41) is 33.3. The number of hydrogen-bond donors (Lipinski definition) is 3. The average molecular weight is 393 g/mol. The van der Waals surface area contributed by atoms with Crippen LogP contribution in [0.25, 0.3) is 11.0 Å². The molecule has 1 fully saturated rings. The molecule has 0 amide bonds. The van der Waals surface area contributed by atoms with E-state index in [1.54, 1.807) is 0 Å². The van der Waals surface area contributed by atoms with E-state index in [-0.39, 0.29) is 12.2 Å². The number of nitrogens with zero attached hydrogens (tertiary/aromatic N) is 3. The van der Waals surface area contributed by atoms with Crippen LogP contribution in [-0.4, -0.2) is 54.5 Å². The predicted molar refractivity (Wildman–Crippen MR) is 91.0 cm³/mol. The van der Waals surface area contributed by atoms with Crippen LogP contribution in [0, 0.1) is 5.82 Å². The molecule has 0 radical (unpaired) electrons. The zero-order chi connectivity index (χ0) is 20.0. The number of aliphatic hydroxyl groups is 3. The smallest absolute Gasteiger partial charge is 0.333 e. The highest BCUT2D eigenvalue weighted by atomic mass is 19.1. The van der Waals surface area contributed by atoms with Crippen LogP contribution in [-0.2, 0) is 11.3 Å². The van der Waals surface area contributed by atoms with Gasteiger partial charge in [-0.25, -0.2) is 9.18 Å². The van der Waals surface area contributed by atoms with Crippen LogP contribution in [0.4, 0.5) is 4.39 Å². The Labute approximate surface area is 155 Å². The highest BCUT2D eigenvalue weighted by Crippen LogP contribution is 2.28. The third kappa shape index (κ3) is 2.94. The summed E-state index contributed by atoms with van der Waals surface area (Å²) < 4.78 is 25.7. The van der Waals surface area contributed by atoms with Gasteiger partial charge in [-0.15, -0.1) is 0 Å². The van der Waals surface area contributed by atoms with Gasteiger partial charge in [0.05, 0.1) is 13.2 Å². The Morgan fingerprint density at radius 2 is 1.96 bits per heavy atom. The monoisotopic (exact) mass is 393 g/mol. The number of hydrogen-bond acceptors (Lipinski definition) is 8. The first-order chi connectivity index (χ1) is 13.4. The van der Waals surface area contributed by atoms with E-state index in [4.69, 9.17) is 9.26 Å². The van der Waals surface area contributed by atoms with Crippen molar-refractivity contribution in [1.82, 2.24) is 14.3 Å². The van der Waals surface area contributed by atoms with Gasteiger partial charge in [0.2, 0.25) is 0 Å². The molecule has 1 aromatic carbocycles. The quantitative estimate of drug-likeness (QED) is 0.510. The number of aromatic nitrogens is 3. The van der Waals surface area contributed by atoms with Crippen molar-refractivity contribution >= 4 is 11.0 Å². The second-order valence-electron chi connectivity index (χ2n) is 6.43. The van der Waals surface area contributed by atoms with E-state index in [1.807, 2.05) is 0 Å². The molecular weight excluding hydrogens is 377 g/mol. The molecule has 1 saturated heterocycles. The summed E-state index contributed by atoms with van der Waals surface area (Å²) in [5.41, 5.74) is -1.02. The lowest BCUT2D eigenvalue weighted by molar-refractivity contribution is -0.0555. The lowest BCUT2D eigenvalue weighted by Gasteiger charge is -2.18. The maximum Gasteiger partial charge on any atom is 0.333 e. The highest BCUT2D eigenvalue weighted by Gasteiger charge is 2.43. The third-order valence-corrected chi connectivity index (χ3v) is 4.70. The molecule has 0 spiro atoms. The SMILES string of the molecule is O=c1ccn([C@@H]2O[C@H](CO)C(O)[C@@H]2O)c(=O)n1Cc1noc2ccc(F)cc12. The molecule has 0 saturated carbocycles. The van der Waals surface area contributed by atoms with Crippen molar-refractivity contribution in [1.29, 1.82) is 0 Å². The molecule has 4 rings (SSSR count). The van der Waals surface area contributed by atoms with Crippen LogP contribution in [0.1, 0.15) is 11.9 Å². The van der Waals surface area contributed by atoms with Crippen LogP contribution in [0.3, 0.4) is 0 Å². The molecule has 11 heteroatoms. The van der Waals surface area contributed by atoms with Gasteiger partial charge in [0.1, 0.15) is 29.8 Å². The Balaban J connectivity index is 1.74. The van der Waals surface area contributed by atoms with Crippen molar-refractivity contribution in [2.45, 2.75) is 31.1 Å². The van der Waals surface area contributed by atoms with Crippen LogP contribution in [0.15, 0.2) is 44.6 Å². The second kappa shape index (κ2) is 6.95. The van der Waals surface area contributed by atoms with E-state index < -0.39 is 48.2 Å². The van der Waals surface area contributed by atoms with Gasteiger partial charge >= 0.3 is 5.69 Å². The summed E-state index contributed by atoms with van der Waals surface area (Å²) in [6.45, 7) is -0.858. The Hall–Kier alpha value is -2.86. The molecule has 10 nitrogen and oxygen atoms in total. The summed E-state index contributed by atoms with van der Waals surface area (Å²) in [7, 11) is 0. The van der Waals surface area contributed by atoms with Crippen molar-refractivity contribution in [3.8, 4) is 0 Å². The number of rotatable bonds is 4. The highest BCUT2D eigenvalue weighted by molar-refractivity contribution is 5.79. The number of halogens is 1. The fraction of sp³-hybridized carbons (Fsp3) is 0.353. The van der Waals surface area contributed by atoms with Crippen molar-refractivity contribution in [2.24, 2.45) is 0 Å². The fourth-order valence-electron chi connectivity index (χ4n) is 3.21. The average Bonchev–Trinajstić information content (AvgIpc) is 3.20. The Morgan fingerprint density at radius 1 is 1.18 bits per heavy atom. The minimum atomic E-state index is -1.48. The summed E-state index contributed by atoms with van der Waals surface area (Å²) >= 11 is 0. The maximum absolute atomic E-state index is 13.5. The summed E-state index contributed by atoms with van der Waals surface area (Å²) in [6, 6.07) is 4.84. The number of benzene rings is 1. The van der Waals surface area contributed by atoms with Crippen molar-refractivity contribution < 1.29 is 29.0 Å². The lowest BCUT2D eigenvalue weighted by Crippen LogP contribution is -2.43. The van der Waals surface area contributed by atoms with Gasteiger partial charge in [-0.05, 0) is 18.2 Å².